The molecule has 214 valence electrons. The largest absolute Gasteiger partial charge is 0.497 e. The van der Waals surface area contributed by atoms with Crippen molar-refractivity contribution in [3.63, 3.8) is 0 Å². The van der Waals surface area contributed by atoms with Crippen molar-refractivity contribution in [1.29, 1.82) is 0 Å². The second-order valence-corrected chi connectivity index (χ2v) is 10.9. The molecule has 1 atom stereocenters. The van der Waals surface area contributed by atoms with E-state index in [1.165, 1.54) is 28.0 Å². The highest BCUT2D eigenvalue weighted by molar-refractivity contribution is 7.07. The van der Waals surface area contributed by atoms with Crippen LogP contribution in [0.2, 0.25) is 0 Å². The number of thiazole rings is 1. The number of nitro benzene ring substituents is 1. The van der Waals surface area contributed by atoms with Gasteiger partial charge in [-0.3, -0.25) is 19.5 Å². The predicted molar refractivity (Wildman–Crippen MR) is 156 cm³/mol. The topological polar surface area (TPSA) is 120 Å². The van der Waals surface area contributed by atoms with E-state index in [4.69, 9.17) is 9.47 Å². The molecule has 2 aliphatic heterocycles. The quantitative estimate of drug-likeness (QED) is 0.239. The number of rotatable bonds is 7. The van der Waals surface area contributed by atoms with E-state index in [0.29, 0.717) is 31.9 Å². The summed E-state index contributed by atoms with van der Waals surface area (Å²) in [6.45, 7) is 6.85. The zero-order valence-electron chi connectivity index (χ0n) is 23.3. The van der Waals surface area contributed by atoms with Crippen molar-refractivity contribution in [3.05, 3.63) is 94.7 Å². The van der Waals surface area contributed by atoms with Gasteiger partial charge in [-0.1, -0.05) is 23.5 Å². The van der Waals surface area contributed by atoms with Crippen LogP contribution in [0.1, 0.15) is 31.0 Å². The second-order valence-electron chi connectivity index (χ2n) is 9.87. The molecule has 2 aliphatic rings. The number of carbonyl (C=O) groups excluding carboxylic acids is 1. The Bertz CT molecular complexity index is 1720. The van der Waals surface area contributed by atoms with Crippen molar-refractivity contribution < 1.29 is 19.2 Å². The number of nitro groups is 1. The number of esters is 1. The number of ether oxygens (including phenoxy) is 2. The first kappa shape index (κ1) is 28.2. The van der Waals surface area contributed by atoms with Crippen molar-refractivity contribution >= 4 is 34.8 Å². The van der Waals surface area contributed by atoms with Crippen molar-refractivity contribution in [2.45, 2.75) is 19.9 Å². The minimum Gasteiger partial charge on any atom is -0.497 e. The molecule has 1 aromatic heterocycles. The van der Waals surface area contributed by atoms with Crippen LogP contribution in [0.15, 0.2) is 63.5 Å². The third-order valence-electron chi connectivity index (χ3n) is 7.28. The van der Waals surface area contributed by atoms with Crippen molar-refractivity contribution in [3.8, 4) is 5.75 Å². The fraction of sp³-hybridized carbons (Fsp3) is 0.345. The summed E-state index contributed by atoms with van der Waals surface area (Å²) in [6, 6.07) is 11.1. The molecule has 1 fully saturated rings. The van der Waals surface area contributed by atoms with E-state index in [-0.39, 0.29) is 23.4 Å². The van der Waals surface area contributed by atoms with Crippen molar-refractivity contribution in [1.82, 2.24) is 9.47 Å². The van der Waals surface area contributed by atoms with Gasteiger partial charge in [-0.15, -0.1) is 0 Å². The van der Waals surface area contributed by atoms with Crippen LogP contribution < -0.4 is 24.5 Å². The molecule has 0 aliphatic carbocycles. The Balaban J connectivity index is 1.71. The zero-order chi connectivity index (χ0) is 29.3. The number of hydrogen-bond donors (Lipinski definition) is 0. The molecule has 11 nitrogen and oxygen atoms in total. The molecule has 0 saturated carbocycles. The SMILES string of the molecule is CCOC(=O)C1=C(C)N=c2s/c(=C\c3cc([N+](=O)[O-])ccc3N3CCN(C)CC3)c(=O)n2C1c1cccc(OC)c1. The molecule has 0 bridgehead atoms. The fourth-order valence-electron chi connectivity index (χ4n) is 5.17. The van der Waals surface area contributed by atoms with Gasteiger partial charge in [-0.2, -0.15) is 0 Å². The summed E-state index contributed by atoms with van der Waals surface area (Å²) in [5, 5.41) is 11.6. The summed E-state index contributed by atoms with van der Waals surface area (Å²) >= 11 is 1.18. The lowest BCUT2D eigenvalue weighted by atomic mass is 9.95. The number of aromatic nitrogens is 1. The maximum absolute atomic E-state index is 14.1. The normalized spacial score (nSPS) is 17.7. The van der Waals surface area contributed by atoms with Gasteiger partial charge in [-0.25, -0.2) is 9.79 Å². The number of allylic oxidation sites excluding steroid dienone is 1. The van der Waals surface area contributed by atoms with Crippen LogP contribution >= 0.6 is 11.3 Å². The number of anilines is 1. The first-order valence-electron chi connectivity index (χ1n) is 13.3. The number of benzene rings is 2. The summed E-state index contributed by atoms with van der Waals surface area (Å²) < 4.78 is 12.6. The third kappa shape index (κ3) is 5.52. The van der Waals surface area contributed by atoms with Gasteiger partial charge in [0.2, 0.25) is 0 Å². The van der Waals surface area contributed by atoms with Crippen LogP contribution in [0, 0.1) is 10.1 Å². The molecule has 0 radical (unpaired) electrons. The molecule has 3 aromatic rings. The second kappa shape index (κ2) is 11.7. The maximum Gasteiger partial charge on any atom is 0.338 e. The van der Waals surface area contributed by atoms with Gasteiger partial charge in [0.1, 0.15) is 5.75 Å². The molecule has 3 heterocycles. The van der Waals surface area contributed by atoms with Crippen LogP contribution in [0.3, 0.4) is 0 Å². The summed E-state index contributed by atoms with van der Waals surface area (Å²) in [5.41, 5.74) is 2.38. The summed E-state index contributed by atoms with van der Waals surface area (Å²) in [4.78, 5) is 47.8. The Morgan fingerprint density at radius 3 is 2.63 bits per heavy atom. The molecule has 1 saturated heterocycles. The average Bonchev–Trinajstić information content (AvgIpc) is 3.26. The first-order valence-corrected chi connectivity index (χ1v) is 14.1. The van der Waals surface area contributed by atoms with E-state index in [1.54, 1.807) is 51.3 Å². The number of fused-ring (bicyclic) bond motifs is 1. The Kier molecular flexibility index (Phi) is 8.04. The van der Waals surface area contributed by atoms with E-state index >= 15 is 0 Å². The maximum atomic E-state index is 14.1. The van der Waals surface area contributed by atoms with Gasteiger partial charge < -0.3 is 19.3 Å². The minimum atomic E-state index is -0.787. The predicted octanol–water partition coefficient (Wildman–Crippen LogP) is 2.47. The molecule has 41 heavy (non-hydrogen) atoms. The van der Waals surface area contributed by atoms with Gasteiger partial charge in [-0.05, 0) is 50.7 Å². The van der Waals surface area contributed by atoms with Crippen LogP contribution in [-0.2, 0) is 9.53 Å². The van der Waals surface area contributed by atoms with E-state index in [1.807, 2.05) is 6.07 Å². The average molecular weight is 578 g/mol. The number of methoxy groups -OCH3 is 1. The van der Waals surface area contributed by atoms with Crippen molar-refractivity contribution in [2.75, 3.05) is 51.8 Å². The van der Waals surface area contributed by atoms with E-state index in [0.717, 1.165) is 31.9 Å². The molecule has 12 heteroatoms. The number of non-ortho nitro benzene ring substituents is 1. The number of nitrogens with zero attached hydrogens (tertiary/aromatic N) is 5. The summed E-state index contributed by atoms with van der Waals surface area (Å²) in [5.74, 6) is 0.0304. The fourth-order valence-corrected chi connectivity index (χ4v) is 6.20. The van der Waals surface area contributed by atoms with Gasteiger partial charge >= 0.3 is 5.97 Å². The highest BCUT2D eigenvalue weighted by Crippen LogP contribution is 2.32. The minimum absolute atomic E-state index is 0.0587. The van der Waals surface area contributed by atoms with Gasteiger partial charge in [0.05, 0.1) is 40.5 Å². The van der Waals surface area contributed by atoms with E-state index < -0.39 is 16.9 Å². The van der Waals surface area contributed by atoms with Crippen LogP contribution in [-0.4, -0.2) is 67.3 Å². The molecule has 2 aromatic carbocycles. The lowest BCUT2D eigenvalue weighted by Crippen LogP contribution is -2.44. The number of likely N-dealkylation sites (N-methyl/N-ethyl adjacent to an activating group) is 1. The van der Waals surface area contributed by atoms with Crippen molar-refractivity contribution in [2.24, 2.45) is 4.99 Å². The molecule has 0 spiro atoms. The molecular weight excluding hydrogens is 546 g/mol. The molecular formula is C29H31N5O6S. The lowest BCUT2D eigenvalue weighted by molar-refractivity contribution is -0.384. The van der Waals surface area contributed by atoms with Gasteiger partial charge in [0.25, 0.3) is 11.2 Å². The van der Waals surface area contributed by atoms with E-state index in [2.05, 4.69) is 21.8 Å². The highest BCUT2D eigenvalue weighted by atomic mass is 32.1. The Labute approximate surface area is 240 Å². The Hall–Kier alpha value is -4.29. The monoisotopic (exact) mass is 577 g/mol. The zero-order valence-corrected chi connectivity index (χ0v) is 24.1. The first-order chi connectivity index (χ1) is 19.7. The smallest absolute Gasteiger partial charge is 0.338 e. The van der Waals surface area contributed by atoms with Crippen LogP contribution in [0.25, 0.3) is 6.08 Å². The van der Waals surface area contributed by atoms with Gasteiger partial charge in [0.15, 0.2) is 4.80 Å². The number of carbonyl (C=O) groups is 1. The van der Waals surface area contributed by atoms with Crippen LogP contribution in [0.4, 0.5) is 11.4 Å². The lowest BCUT2D eigenvalue weighted by Gasteiger charge is -2.34. The molecule has 0 amide bonds. The summed E-state index contributed by atoms with van der Waals surface area (Å²) in [6.07, 6.45) is 1.69. The standard InChI is InChI=1S/C29H31N5O6S/c1-5-40-28(36)25-18(2)30-29-33(26(25)19-7-6-8-22(16-19)39-4)27(35)24(41-29)17-20-15-21(34(37)38)9-10-23(20)32-13-11-31(3)12-14-32/h6-10,15-17,26H,5,11-14H2,1-4H3/b24-17-. The van der Waals surface area contributed by atoms with Crippen LogP contribution in [0.5, 0.6) is 5.75 Å². The molecule has 5 rings (SSSR count). The number of piperazine rings is 1. The third-order valence-corrected chi connectivity index (χ3v) is 8.26. The Morgan fingerprint density at radius 1 is 1.20 bits per heavy atom. The highest BCUT2D eigenvalue weighted by Gasteiger charge is 2.33. The molecule has 0 N–H and O–H groups in total. The van der Waals surface area contributed by atoms with E-state index in [9.17, 15) is 19.7 Å². The summed E-state index contributed by atoms with van der Waals surface area (Å²) in [7, 11) is 3.61. The number of hydrogen-bond acceptors (Lipinski definition) is 10. The Morgan fingerprint density at radius 2 is 1.95 bits per heavy atom. The van der Waals surface area contributed by atoms with Gasteiger partial charge in [0, 0.05) is 49.6 Å². The molecule has 1 unspecified atom stereocenters.